The van der Waals surface area contributed by atoms with Crippen molar-refractivity contribution in [2.24, 2.45) is 0 Å². The molecule has 0 saturated heterocycles. The van der Waals surface area contributed by atoms with Crippen LogP contribution in [0.4, 0.5) is 4.39 Å². The second kappa shape index (κ2) is 4.09. The van der Waals surface area contributed by atoms with Gasteiger partial charge in [0.15, 0.2) is 0 Å². The molecule has 0 unspecified atom stereocenters. The Bertz CT molecular complexity index is 597. The number of nitrogens with one attached hydrogen (secondary N) is 1. The first-order valence-electron chi connectivity index (χ1n) is 4.63. The molecule has 0 aliphatic rings. The molecule has 0 amide bonds. The van der Waals surface area contributed by atoms with Gasteiger partial charge in [0.25, 0.3) is 5.56 Å². The number of aromatic amines is 1. The maximum atomic E-state index is 13.6. The summed E-state index contributed by atoms with van der Waals surface area (Å²) in [5.41, 5.74) is -0.423. The van der Waals surface area contributed by atoms with Crippen LogP contribution in [0.2, 0.25) is 5.28 Å². The zero-order valence-electron chi connectivity index (χ0n) is 8.38. The fourth-order valence-electron chi connectivity index (χ4n) is 1.42. The highest BCUT2D eigenvalue weighted by Crippen LogP contribution is 2.21. The first-order chi connectivity index (χ1) is 7.61. The molecule has 6 heteroatoms. The quantitative estimate of drug-likeness (QED) is 0.821. The van der Waals surface area contributed by atoms with E-state index in [0.29, 0.717) is 12.4 Å². The van der Waals surface area contributed by atoms with E-state index in [4.69, 9.17) is 16.3 Å². The monoisotopic (exact) mass is 242 g/mol. The molecule has 0 bridgehead atoms. The SMILES string of the molecule is CCOc1cc(F)c2c(=O)[nH]c(Cl)nc2c1. The lowest BCUT2D eigenvalue weighted by Crippen LogP contribution is -2.10. The minimum Gasteiger partial charge on any atom is -0.494 e. The van der Waals surface area contributed by atoms with Gasteiger partial charge in [0.05, 0.1) is 12.1 Å². The van der Waals surface area contributed by atoms with Gasteiger partial charge in [-0.2, -0.15) is 0 Å². The van der Waals surface area contributed by atoms with Crippen molar-refractivity contribution in [3.63, 3.8) is 0 Å². The highest BCUT2D eigenvalue weighted by atomic mass is 35.5. The van der Waals surface area contributed by atoms with E-state index >= 15 is 0 Å². The molecule has 2 aromatic rings. The van der Waals surface area contributed by atoms with E-state index in [1.54, 1.807) is 6.92 Å². The topological polar surface area (TPSA) is 55.0 Å². The summed E-state index contributed by atoms with van der Waals surface area (Å²) in [5, 5.41) is -0.196. The predicted octanol–water partition coefficient (Wildman–Crippen LogP) is 2.11. The van der Waals surface area contributed by atoms with E-state index in [-0.39, 0.29) is 16.2 Å². The number of benzene rings is 1. The Labute approximate surface area is 95.0 Å². The number of nitrogens with zero attached hydrogens (tertiary/aromatic N) is 1. The summed E-state index contributed by atoms with van der Waals surface area (Å²) >= 11 is 5.58. The summed E-state index contributed by atoms with van der Waals surface area (Å²) < 4.78 is 18.7. The first-order valence-corrected chi connectivity index (χ1v) is 5.01. The Kier molecular flexibility index (Phi) is 2.78. The Morgan fingerprint density at radius 2 is 2.31 bits per heavy atom. The Morgan fingerprint density at radius 3 is 3.00 bits per heavy atom. The van der Waals surface area contributed by atoms with E-state index in [0.717, 1.165) is 6.07 Å². The van der Waals surface area contributed by atoms with Gasteiger partial charge >= 0.3 is 0 Å². The number of ether oxygens (including phenoxy) is 1. The molecule has 1 heterocycles. The van der Waals surface area contributed by atoms with Gasteiger partial charge < -0.3 is 4.74 Å². The second-order valence-corrected chi connectivity index (χ2v) is 3.45. The molecule has 0 aliphatic carbocycles. The average Bonchev–Trinajstić information content (AvgIpc) is 2.15. The van der Waals surface area contributed by atoms with Crippen LogP contribution in [-0.4, -0.2) is 16.6 Å². The van der Waals surface area contributed by atoms with Gasteiger partial charge in [0.2, 0.25) is 5.28 Å². The lowest BCUT2D eigenvalue weighted by molar-refractivity contribution is 0.339. The fraction of sp³-hybridized carbons (Fsp3) is 0.200. The number of hydrogen-bond acceptors (Lipinski definition) is 3. The molecule has 4 nitrogen and oxygen atoms in total. The van der Waals surface area contributed by atoms with Crippen LogP contribution in [0.25, 0.3) is 10.9 Å². The summed E-state index contributed by atoms with van der Waals surface area (Å²) in [4.78, 5) is 17.5. The molecular weight excluding hydrogens is 235 g/mol. The van der Waals surface area contributed by atoms with Crippen molar-refractivity contribution in [2.75, 3.05) is 6.61 Å². The highest BCUT2D eigenvalue weighted by Gasteiger charge is 2.10. The number of fused-ring (bicyclic) bond motifs is 1. The number of aromatic nitrogens is 2. The van der Waals surface area contributed by atoms with Gasteiger partial charge in [-0.1, -0.05) is 0 Å². The second-order valence-electron chi connectivity index (χ2n) is 3.09. The van der Waals surface area contributed by atoms with Gasteiger partial charge in [0.1, 0.15) is 17.0 Å². The van der Waals surface area contributed by atoms with Gasteiger partial charge in [0, 0.05) is 12.1 Å². The molecule has 0 radical (unpaired) electrons. The molecule has 0 spiro atoms. The predicted molar refractivity (Wildman–Crippen MR) is 58.5 cm³/mol. The van der Waals surface area contributed by atoms with Crippen LogP contribution in [0.5, 0.6) is 5.75 Å². The van der Waals surface area contributed by atoms with Gasteiger partial charge in [-0.05, 0) is 18.5 Å². The summed E-state index contributed by atoms with van der Waals surface area (Å²) in [7, 11) is 0. The lowest BCUT2D eigenvalue weighted by Gasteiger charge is -2.05. The number of H-pyrrole nitrogens is 1. The standard InChI is InChI=1S/C10H8ClFN2O2/c1-2-16-5-3-6(12)8-7(4-5)13-10(11)14-9(8)15/h3-4H,2H2,1H3,(H,13,14,15). The molecule has 0 saturated carbocycles. The summed E-state index contributed by atoms with van der Waals surface area (Å²) in [6, 6.07) is 2.62. The maximum Gasteiger partial charge on any atom is 0.262 e. The Hall–Kier alpha value is -1.62. The van der Waals surface area contributed by atoms with E-state index in [1.165, 1.54) is 6.07 Å². The molecular formula is C10H8ClFN2O2. The van der Waals surface area contributed by atoms with E-state index < -0.39 is 11.4 Å². The third-order valence-electron chi connectivity index (χ3n) is 2.02. The number of hydrogen-bond donors (Lipinski definition) is 1. The molecule has 0 fully saturated rings. The normalized spacial score (nSPS) is 10.7. The van der Waals surface area contributed by atoms with Crippen LogP contribution in [-0.2, 0) is 0 Å². The van der Waals surface area contributed by atoms with Crippen molar-refractivity contribution in [1.82, 2.24) is 9.97 Å². The third-order valence-corrected chi connectivity index (χ3v) is 2.20. The van der Waals surface area contributed by atoms with E-state index in [1.807, 2.05) is 0 Å². The van der Waals surface area contributed by atoms with Crippen molar-refractivity contribution >= 4 is 22.5 Å². The van der Waals surface area contributed by atoms with Crippen molar-refractivity contribution in [2.45, 2.75) is 6.92 Å². The van der Waals surface area contributed by atoms with Crippen molar-refractivity contribution in [1.29, 1.82) is 0 Å². The summed E-state index contributed by atoms with van der Waals surface area (Å²) in [6.07, 6.45) is 0. The van der Waals surface area contributed by atoms with Crippen molar-refractivity contribution in [3.05, 3.63) is 33.6 Å². The molecule has 1 aromatic carbocycles. The number of halogens is 2. The minimum atomic E-state index is -0.675. The Balaban J connectivity index is 2.76. The number of rotatable bonds is 2. The molecule has 1 aromatic heterocycles. The molecule has 0 aliphatic heterocycles. The molecule has 0 atom stereocenters. The molecule has 16 heavy (non-hydrogen) atoms. The highest BCUT2D eigenvalue weighted by molar-refractivity contribution is 6.28. The molecule has 84 valence electrons. The molecule has 1 N–H and O–H groups in total. The minimum absolute atomic E-state index is 0.0782. The van der Waals surface area contributed by atoms with Crippen molar-refractivity contribution in [3.8, 4) is 5.75 Å². The van der Waals surface area contributed by atoms with Crippen LogP contribution in [0.3, 0.4) is 0 Å². The van der Waals surface area contributed by atoms with Crippen LogP contribution >= 0.6 is 11.6 Å². The summed E-state index contributed by atoms with van der Waals surface area (Å²) in [6.45, 7) is 2.18. The first kappa shape index (κ1) is 10.9. The van der Waals surface area contributed by atoms with E-state index in [9.17, 15) is 9.18 Å². The zero-order valence-corrected chi connectivity index (χ0v) is 9.14. The van der Waals surface area contributed by atoms with Gasteiger partial charge in [-0.15, -0.1) is 0 Å². The third kappa shape index (κ3) is 1.86. The smallest absolute Gasteiger partial charge is 0.262 e. The van der Waals surface area contributed by atoms with Gasteiger partial charge in [-0.3, -0.25) is 9.78 Å². The van der Waals surface area contributed by atoms with Crippen LogP contribution in [0, 0.1) is 5.82 Å². The van der Waals surface area contributed by atoms with Crippen LogP contribution in [0.15, 0.2) is 16.9 Å². The van der Waals surface area contributed by atoms with Crippen LogP contribution in [0.1, 0.15) is 6.92 Å². The molecule has 2 rings (SSSR count). The zero-order chi connectivity index (χ0) is 11.7. The van der Waals surface area contributed by atoms with Crippen LogP contribution < -0.4 is 10.3 Å². The van der Waals surface area contributed by atoms with E-state index in [2.05, 4.69) is 9.97 Å². The average molecular weight is 243 g/mol. The van der Waals surface area contributed by atoms with Gasteiger partial charge in [-0.25, -0.2) is 9.37 Å². The summed E-state index contributed by atoms with van der Waals surface area (Å²) in [5.74, 6) is -0.354. The fourth-order valence-corrected chi connectivity index (χ4v) is 1.60. The lowest BCUT2D eigenvalue weighted by atomic mass is 10.2. The maximum absolute atomic E-state index is 13.6. The van der Waals surface area contributed by atoms with Crippen molar-refractivity contribution < 1.29 is 9.13 Å². The largest absolute Gasteiger partial charge is 0.494 e. The Morgan fingerprint density at radius 1 is 1.56 bits per heavy atom.